The number of aryl methyl sites for hydroxylation is 1. The van der Waals surface area contributed by atoms with Crippen LogP contribution in [0.2, 0.25) is 0 Å². The standard InChI is InChI=1S/C17H22N4O2S/c1-3-4-10-15-20-21-17(24-15)19-14(22)11-12(2)18-16(23)13-8-6-5-7-9-13/h5-9,12H,3-4,10-11H2,1-2H3,(H,18,23)(H,19,21,22). The molecule has 1 unspecified atom stereocenters. The number of benzene rings is 1. The first-order valence-corrected chi connectivity index (χ1v) is 8.88. The second kappa shape index (κ2) is 9.12. The summed E-state index contributed by atoms with van der Waals surface area (Å²) in [6.45, 7) is 3.92. The number of aromatic nitrogens is 2. The maximum Gasteiger partial charge on any atom is 0.251 e. The number of hydrogen-bond donors (Lipinski definition) is 2. The SMILES string of the molecule is CCCCc1nnc(NC(=O)CC(C)NC(=O)c2ccccc2)s1. The monoisotopic (exact) mass is 346 g/mol. The highest BCUT2D eigenvalue weighted by atomic mass is 32.1. The molecule has 1 atom stereocenters. The van der Waals surface area contributed by atoms with Crippen molar-refractivity contribution in [2.24, 2.45) is 0 Å². The third-order valence-electron chi connectivity index (χ3n) is 3.36. The number of anilines is 1. The smallest absolute Gasteiger partial charge is 0.251 e. The summed E-state index contributed by atoms with van der Waals surface area (Å²) in [5.41, 5.74) is 0.578. The summed E-state index contributed by atoms with van der Waals surface area (Å²) >= 11 is 1.40. The Bertz CT molecular complexity index is 672. The fraction of sp³-hybridized carbons (Fsp3) is 0.412. The average molecular weight is 346 g/mol. The van der Waals surface area contributed by atoms with E-state index in [1.165, 1.54) is 11.3 Å². The summed E-state index contributed by atoms with van der Waals surface area (Å²) in [5.74, 6) is -0.372. The normalized spacial score (nSPS) is 11.8. The van der Waals surface area contributed by atoms with Crippen LogP contribution in [0.4, 0.5) is 5.13 Å². The van der Waals surface area contributed by atoms with Crippen LogP contribution < -0.4 is 10.6 Å². The summed E-state index contributed by atoms with van der Waals surface area (Å²) in [5, 5.41) is 15.0. The number of rotatable bonds is 8. The van der Waals surface area contributed by atoms with Crippen LogP contribution in [0.3, 0.4) is 0 Å². The van der Waals surface area contributed by atoms with Gasteiger partial charge in [-0.05, 0) is 25.5 Å². The molecule has 0 spiro atoms. The molecule has 7 heteroatoms. The maximum absolute atomic E-state index is 12.0. The van der Waals surface area contributed by atoms with Crippen molar-refractivity contribution in [1.29, 1.82) is 0 Å². The molecule has 0 saturated heterocycles. The van der Waals surface area contributed by atoms with E-state index in [4.69, 9.17) is 0 Å². The van der Waals surface area contributed by atoms with E-state index >= 15 is 0 Å². The van der Waals surface area contributed by atoms with Gasteiger partial charge in [0.05, 0.1) is 0 Å². The number of carbonyl (C=O) groups is 2. The minimum atomic E-state index is -0.273. The molecule has 128 valence electrons. The second-order valence-corrected chi connectivity index (χ2v) is 6.66. The number of nitrogens with one attached hydrogen (secondary N) is 2. The van der Waals surface area contributed by atoms with Gasteiger partial charge in [0, 0.05) is 24.4 Å². The first kappa shape index (κ1) is 18.1. The Morgan fingerprint density at radius 1 is 1.21 bits per heavy atom. The van der Waals surface area contributed by atoms with Gasteiger partial charge in [0.15, 0.2) is 0 Å². The zero-order valence-corrected chi connectivity index (χ0v) is 14.7. The fourth-order valence-electron chi connectivity index (χ4n) is 2.13. The Kier molecular flexibility index (Phi) is 6.87. The lowest BCUT2D eigenvalue weighted by atomic mass is 10.1. The van der Waals surface area contributed by atoms with Gasteiger partial charge in [-0.15, -0.1) is 10.2 Å². The number of amides is 2. The summed E-state index contributed by atoms with van der Waals surface area (Å²) in [6, 6.07) is 8.66. The molecule has 24 heavy (non-hydrogen) atoms. The number of hydrogen-bond acceptors (Lipinski definition) is 5. The molecule has 2 amide bonds. The molecular weight excluding hydrogens is 324 g/mol. The highest BCUT2D eigenvalue weighted by molar-refractivity contribution is 7.15. The Morgan fingerprint density at radius 2 is 1.96 bits per heavy atom. The number of nitrogens with zero attached hydrogens (tertiary/aromatic N) is 2. The largest absolute Gasteiger partial charge is 0.349 e. The van der Waals surface area contributed by atoms with E-state index in [1.807, 2.05) is 6.07 Å². The van der Waals surface area contributed by atoms with Crippen molar-refractivity contribution in [3.05, 3.63) is 40.9 Å². The van der Waals surface area contributed by atoms with Gasteiger partial charge < -0.3 is 10.6 Å². The quantitative estimate of drug-likeness (QED) is 0.769. The Morgan fingerprint density at radius 3 is 2.67 bits per heavy atom. The Labute approximate surface area is 145 Å². The summed E-state index contributed by atoms with van der Waals surface area (Å²) in [6.07, 6.45) is 3.22. The first-order chi connectivity index (χ1) is 11.6. The third kappa shape index (κ3) is 5.73. The van der Waals surface area contributed by atoms with Gasteiger partial charge in [-0.25, -0.2) is 0 Å². The van der Waals surface area contributed by atoms with Crippen molar-refractivity contribution in [3.8, 4) is 0 Å². The highest BCUT2D eigenvalue weighted by Crippen LogP contribution is 2.17. The predicted molar refractivity (Wildman–Crippen MR) is 95.1 cm³/mol. The third-order valence-corrected chi connectivity index (χ3v) is 4.26. The molecule has 0 radical (unpaired) electrons. The Hall–Kier alpha value is -2.28. The zero-order chi connectivity index (χ0) is 17.4. The minimum Gasteiger partial charge on any atom is -0.349 e. The molecule has 0 bridgehead atoms. The molecule has 2 rings (SSSR count). The summed E-state index contributed by atoms with van der Waals surface area (Å²) in [7, 11) is 0. The molecule has 2 N–H and O–H groups in total. The first-order valence-electron chi connectivity index (χ1n) is 8.06. The van der Waals surface area contributed by atoms with Crippen LogP contribution in [-0.4, -0.2) is 28.1 Å². The molecule has 0 aliphatic rings. The van der Waals surface area contributed by atoms with Gasteiger partial charge in [-0.3, -0.25) is 9.59 Å². The van der Waals surface area contributed by atoms with E-state index in [0.717, 1.165) is 24.3 Å². The van der Waals surface area contributed by atoms with Crippen LogP contribution in [0.25, 0.3) is 0 Å². The topological polar surface area (TPSA) is 84.0 Å². The molecule has 1 heterocycles. The lowest BCUT2D eigenvalue weighted by Gasteiger charge is -2.13. The maximum atomic E-state index is 12.0. The lowest BCUT2D eigenvalue weighted by molar-refractivity contribution is -0.116. The van der Waals surface area contributed by atoms with Crippen molar-refractivity contribution >= 4 is 28.3 Å². The Balaban J connectivity index is 1.79. The van der Waals surface area contributed by atoms with Crippen molar-refractivity contribution in [2.45, 2.75) is 45.6 Å². The number of carbonyl (C=O) groups excluding carboxylic acids is 2. The molecule has 2 aromatic rings. The molecule has 0 saturated carbocycles. The average Bonchev–Trinajstić information content (AvgIpc) is 3.00. The van der Waals surface area contributed by atoms with E-state index in [0.29, 0.717) is 10.7 Å². The van der Waals surface area contributed by atoms with Gasteiger partial charge >= 0.3 is 0 Å². The van der Waals surface area contributed by atoms with Gasteiger partial charge in [0.1, 0.15) is 5.01 Å². The van der Waals surface area contributed by atoms with Gasteiger partial charge in [-0.2, -0.15) is 0 Å². The van der Waals surface area contributed by atoms with Crippen molar-refractivity contribution in [2.75, 3.05) is 5.32 Å². The predicted octanol–water partition coefficient (Wildman–Crippen LogP) is 3.03. The summed E-state index contributed by atoms with van der Waals surface area (Å²) in [4.78, 5) is 24.1. The van der Waals surface area contributed by atoms with Gasteiger partial charge in [0.2, 0.25) is 11.0 Å². The minimum absolute atomic E-state index is 0.183. The van der Waals surface area contributed by atoms with Crippen LogP contribution in [0.15, 0.2) is 30.3 Å². The van der Waals surface area contributed by atoms with E-state index in [9.17, 15) is 9.59 Å². The second-order valence-electron chi connectivity index (χ2n) is 5.60. The zero-order valence-electron chi connectivity index (χ0n) is 13.9. The van der Waals surface area contributed by atoms with E-state index in [1.54, 1.807) is 31.2 Å². The lowest BCUT2D eigenvalue weighted by Crippen LogP contribution is -2.35. The van der Waals surface area contributed by atoms with Crippen LogP contribution in [0, 0.1) is 0 Å². The number of unbranched alkanes of at least 4 members (excludes halogenated alkanes) is 1. The molecule has 6 nitrogen and oxygen atoms in total. The molecule has 0 fully saturated rings. The molecule has 0 aliphatic heterocycles. The van der Waals surface area contributed by atoms with Crippen LogP contribution >= 0.6 is 11.3 Å². The van der Waals surface area contributed by atoms with E-state index in [-0.39, 0.29) is 24.3 Å². The molecule has 0 aliphatic carbocycles. The van der Waals surface area contributed by atoms with E-state index < -0.39 is 0 Å². The molecular formula is C17H22N4O2S. The summed E-state index contributed by atoms with van der Waals surface area (Å²) < 4.78 is 0. The molecule has 1 aromatic heterocycles. The van der Waals surface area contributed by atoms with Gasteiger partial charge in [-0.1, -0.05) is 42.9 Å². The van der Waals surface area contributed by atoms with Gasteiger partial charge in [0.25, 0.3) is 5.91 Å². The van der Waals surface area contributed by atoms with Crippen LogP contribution in [0.5, 0.6) is 0 Å². The van der Waals surface area contributed by atoms with E-state index in [2.05, 4.69) is 27.8 Å². The molecule has 1 aromatic carbocycles. The van der Waals surface area contributed by atoms with Crippen molar-refractivity contribution in [3.63, 3.8) is 0 Å². The van der Waals surface area contributed by atoms with Crippen LogP contribution in [0.1, 0.15) is 48.5 Å². The van der Waals surface area contributed by atoms with Crippen molar-refractivity contribution < 1.29 is 9.59 Å². The highest BCUT2D eigenvalue weighted by Gasteiger charge is 2.14. The van der Waals surface area contributed by atoms with Crippen LogP contribution in [-0.2, 0) is 11.2 Å². The fourth-order valence-corrected chi connectivity index (χ4v) is 2.93. The van der Waals surface area contributed by atoms with Crippen molar-refractivity contribution in [1.82, 2.24) is 15.5 Å².